The van der Waals surface area contributed by atoms with Gasteiger partial charge in [0.1, 0.15) is 5.76 Å². The van der Waals surface area contributed by atoms with Crippen LogP contribution in [0.15, 0.2) is 35.0 Å². The summed E-state index contributed by atoms with van der Waals surface area (Å²) in [6, 6.07) is 5.50. The second-order valence-corrected chi connectivity index (χ2v) is 6.92. The van der Waals surface area contributed by atoms with E-state index in [-0.39, 0.29) is 29.9 Å². The number of hydrogen-bond donors (Lipinski definition) is 1. The molecule has 6 nitrogen and oxygen atoms in total. The van der Waals surface area contributed by atoms with Gasteiger partial charge in [-0.3, -0.25) is 14.6 Å². The Morgan fingerprint density at radius 2 is 2.16 bits per heavy atom. The summed E-state index contributed by atoms with van der Waals surface area (Å²) < 4.78 is 5.52. The van der Waals surface area contributed by atoms with E-state index >= 15 is 0 Å². The Morgan fingerprint density at radius 1 is 1.36 bits per heavy atom. The van der Waals surface area contributed by atoms with Crippen LogP contribution in [-0.4, -0.2) is 33.8 Å². The molecule has 2 amide bonds. The molecule has 2 fully saturated rings. The Hall–Kier alpha value is -2.63. The first-order chi connectivity index (χ1) is 12.0. The van der Waals surface area contributed by atoms with E-state index < -0.39 is 0 Å². The van der Waals surface area contributed by atoms with Crippen LogP contribution in [0.5, 0.6) is 0 Å². The molecule has 2 atom stereocenters. The predicted molar refractivity (Wildman–Crippen MR) is 90.9 cm³/mol. The van der Waals surface area contributed by atoms with Gasteiger partial charge in [0.05, 0.1) is 12.1 Å². The minimum absolute atomic E-state index is 0.0917. The fourth-order valence-electron chi connectivity index (χ4n) is 3.71. The zero-order chi connectivity index (χ0) is 17.6. The number of aromatic nitrogens is 1. The third-order valence-electron chi connectivity index (χ3n) is 4.89. The molecule has 1 N–H and O–H groups in total. The van der Waals surface area contributed by atoms with Crippen LogP contribution in [0.25, 0.3) is 0 Å². The Morgan fingerprint density at radius 3 is 2.76 bits per heavy atom. The zero-order valence-corrected chi connectivity index (χ0v) is 14.4. The number of amides is 2. The van der Waals surface area contributed by atoms with E-state index in [9.17, 15) is 9.59 Å². The smallest absolute Gasteiger partial charge is 0.287 e. The van der Waals surface area contributed by atoms with E-state index in [0.717, 1.165) is 24.0 Å². The molecule has 0 unspecified atom stereocenters. The third-order valence-corrected chi connectivity index (χ3v) is 4.89. The minimum Gasteiger partial charge on any atom is -0.456 e. The van der Waals surface area contributed by atoms with Gasteiger partial charge in [0.25, 0.3) is 5.91 Å². The molecule has 0 spiro atoms. The van der Waals surface area contributed by atoms with Gasteiger partial charge in [-0.15, -0.1) is 0 Å². The topological polar surface area (TPSA) is 75.4 Å². The van der Waals surface area contributed by atoms with Gasteiger partial charge in [-0.1, -0.05) is 6.07 Å². The number of nitrogens with one attached hydrogen (secondary N) is 1. The van der Waals surface area contributed by atoms with E-state index in [1.807, 2.05) is 36.9 Å². The van der Waals surface area contributed by atoms with E-state index in [1.54, 1.807) is 12.4 Å². The van der Waals surface area contributed by atoms with Crippen molar-refractivity contribution in [3.63, 3.8) is 0 Å². The molecule has 4 rings (SSSR count). The van der Waals surface area contributed by atoms with Crippen LogP contribution in [-0.2, 0) is 4.79 Å². The largest absolute Gasteiger partial charge is 0.456 e. The lowest BCUT2D eigenvalue weighted by molar-refractivity contribution is -0.129. The minimum atomic E-state index is -0.283. The maximum Gasteiger partial charge on any atom is 0.287 e. The Labute approximate surface area is 146 Å². The number of pyridine rings is 1. The summed E-state index contributed by atoms with van der Waals surface area (Å²) >= 11 is 0. The molecule has 0 bridgehead atoms. The molecule has 1 saturated carbocycles. The summed E-state index contributed by atoms with van der Waals surface area (Å²) in [5.41, 5.74) is 1.76. The summed E-state index contributed by atoms with van der Waals surface area (Å²) in [5, 5.41) is 3.02. The highest BCUT2D eigenvalue weighted by Crippen LogP contribution is 2.41. The van der Waals surface area contributed by atoms with E-state index in [4.69, 9.17) is 4.42 Å². The number of rotatable bonds is 4. The number of hydrogen-bond acceptors (Lipinski definition) is 4. The second kappa shape index (κ2) is 6.02. The first kappa shape index (κ1) is 15.9. The van der Waals surface area contributed by atoms with Gasteiger partial charge in [0, 0.05) is 30.4 Å². The lowest BCUT2D eigenvalue weighted by atomic mass is 10.0. The molecule has 1 aliphatic heterocycles. The highest BCUT2D eigenvalue weighted by atomic mass is 16.3. The van der Waals surface area contributed by atoms with E-state index in [2.05, 4.69) is 10.3 Å². The number of likely N-dealkylation sites (tertiary alicyclic amines) is 1. The van der Waals surface area contributed by atoms with E-state index in [0.29, 0.717) is 17.9 Å². The average molecular weight is 339 g/mol. The van der Waals surface area contributed by atoms with Gasteiger partial charge in [0.15, 0.2) is 5.76 Å². The van der Waals surface area contributed by atoms with E-state index in [1.165, 1.54) is 0 Å². The summed E-state index contributed by atoms with van der Waals surface area (Å²) in [6.07, 6.45) is 5.85. The lowest BCUT2D eigenvalue weighted by Gasteiger charge is -2.28. The molecule has 2 aliphatic rings. The third kappa shape index (κ3) is 2.92. The van der Waals surface area contributed by atoms with Crippen LogP contribution >= 0.6 is 0 Å². The van der Waals surface area contributed by atoms with Crippen molar-refractivity contribution in [2.24, 2.45) is 0 Å². The predicted octanol–water partition coefficient (Wildman–Crippen LogP) is 2.53. The van der Waals surface area contributed by atoms with Gasteiger partial charge in [-0.05, 0) is 44.4 Å². The number of furan rings is 1. The van der Waals surface area contributed by atoms with Crippen molar-refractivity contribution in [3.8, 4) is 0 Å². The summed E-state index contributed by atoms with van der Waals surface area (Å²) in [7, 11) is 0. The van der Waals surface area contributed by atoms with Crippen molar-refractivity contribution < 1.29 is 14.0 Å². The number of carbonyl (C=O) groups is 2. The Balaban J connectivity index is 1.62. The van der Waals surface area contributed by atoms with Crippen LogP contribution in [0.1, 0.15) is 52.7 Å². The average Bonchev–Trinajstić information content (AvgIpc) is 3.29. The van der Waals surface area contributed by atoms with Gasteiger partial charge < -0.3 is 14.6 Å². The Kier molecular flexibility index (Phi) is 3.82. The number of carbonyl (C=O) groups excluding carboxylic acids is 2. The fourth-order valence-corrected chi connectivity index (χ4v) is 3.71. The normalized spacial score (nSPS) is 23.1. The highest BCUT2D eigenvalue weighted by Gasteiger charge is 2.48. The molecule has 1 saturated heterocycles. The van der Waals surface area contributed by atoms with Gasteiger partial charge in [0.2, 0.25) is 5.91 Å². The molecule has 130 valence electrons. The molecule has 25 heavy (non-hydrogen) atoms. The summed E-state index contributed by atoms with van der Waals surface area (Å²) in [4.78, 5) is 31.4. The summed E-state index contributed by atoms with van der Waals surface area (Å²) in [6.45, 7) is 3.66. The van der Waals surface area contributed by atoms with Crippen molar-refractivity contribution in [3.05, 3.63) is 53.2 Å². The second-order valence-electron chi connectivity index (χ2n) is 6.92. The highest BCUT2D eigenvalue weighted by molar-refractivity contribution is 5.94. The van der Waals surface area contributed by atoms with Crippen LogP contribution in [0.4, 0.5) is 0 Å². The van der Waals surface area contributed by atoms with Crippen molar-refractivity contribution in [2.45, 2.75) is 51.2 Å². The number of aryl methyl sites for hydroxylation is 2. The molecule has 6 heteroatoms. The van der Waals surface area contributed by atoms with Crippen molar-refractivity contribution in [1.82, 2.24) is 15.2 Å². The lowest BCUT2D eigenvalue weighted by Crippen LogP contribution is -2.40. The van der Waals surface area contributed by atoms with Crippen LogP contribution in [0, 0.1) is 13.8 Å². The van der Waals surface area contributed by atoms with Crippen LogP contribution in [0.3, 0.4) is 0 Å². The molecule has 2 aromatic heterocycles. The molecule has 0 radical (unpaired) electrons. The molecular formula is C19H21N3O3. The maximum atomic E-state index is 12.7. The van der Waals surface area contributed by atoms with Crippen molar-refractivity contribution in [2.75, 3.05) is 0 Å². The standard InChI is InChI=1S/C19H21N3O3/c1-11-8-12(2)25-18(11)19(24)21-15-9-16(23)22(14-5-6-14)17(15)13-4-3-7-20-10-13/h3-4,7-8,10,14-15,17H,5-6,9H2,1-2H3,(H,21,24)/t15-,17+/m1/s1. The first-order valence-electron chi connectivity index (χ1n) is 8.63. The van der Waals surface area contributed by atoms with Crippen molar-refractivity contribution in [1.29, 1.82) is 0 Å². The molecular weight excluding hydrogens is 318 g/mol. The number of nitrogens with zero attached hydrogens (tertiary/aromatic N) is 2. The fraction of sp³-hybridized carbons (Fsp3) is 0.421. The molecule has 0 aromatic carbocycles. The maximum absolute atomic E-state index is 12.7. The van der Waals surface area contributed by atoms with Gasteiger partial charge >= 0.3 is 0 Å². The summed E-state index contributed by atoms with van der Waals surface area (Å²) in [5.74, 6) is 0.845. The van der Waals surface area contributed by atoms with Gasteiger partial charge in [-0.25, -0.2) is 0 Å². The quantitative estimate of drug-likeness (QED) is 0.929. The monoisotopic (exact) mass is 339 g/mol. The molecule has 3 heterocycles. The SMILES string of the molecule is Cc1cc(C)c(C(=O)N[C@@H]2CC(=O)N(C3CC3)[C@H]2c2cccnc2)o1. The van der Waals surface area contributed by atoms with Crippen LogP contribution < -0.4 is 5.32 Å². The first-order valence-corrected chi connectivity index (χ1v) is 8.63. The molecule has 1 aliphatic carbocycles. The Bertz CT molecular complexity index is 811. The molecule has 2 aromatic rings. The van der Waals surface area contributed by atoms with Crippen molar-refractivity contribution >= 4 is 11.8 Å². The van der Waals surface area contributed by atoms with Crippen LogP contribution in [0.2, 0.25) is 0 Å². The zero-order valence-electron chi connectivity index (χ0n) is 14.4. The van der Waals surface area contributed by atoms with Gasteiger partial charge in [-0.2, -0.15) is 0 Å².